The van der Waals surface area contributed by atoms with Gasteiger partial charge < -0.3 is 14.0 Å². The lowest BCUT2D eigenvalue weighted by Gasteiger charge is -2.24. The summed E-state index contributed by atoms with van der Waals surface area (Å²) >= 11 is 0. The number of ether oxygens (including phenoxy) is 2. The van der Waals surface area contributed by atoms with E-state index in [0.29, 0.717) is 12.5 Å². The van der Waals surface area contributed by atoms with Gasteiger partial charge >= 0.3 is 0 Å². The molecule has 118 valence electrons. The third-order valence-corrected chi connectivity index (χ3v) is 4.46. The Hall–Kier alpha value is -2.04. The molecule has 1 heterocycles. The van der Waals surface area contributed by atoms with Crippen LogP contribution in [0.5, 0.6) is 11.5 Å². The van der Waals surface area contributed by atoms with Gasteiger partial charge in [0.1, 0.15) is 12.4 Å². The Morgan fingerprint density at radius 1 is 1.23 bits per heavy atom. The highest BCUT2D eigenvalue weighted by atomic mass is 16.5. The minimum atomic E-state index is 0.401. The SMILES string of the molecule is CCc1ccc(OCc2nnc(C3CCC3)n2C)c(OC)c1. The Morgan fingerprint density at radius 2 is 2.05 bits per heavy atom. The average molecular weight is 301 g/mol. The molecule has 3 rings (SSSR count). The normalized spacial score (nSPS) is 14.7. The number of aromatic nitrogens is 3. The van der Waals surface area contributed by atoms with Gasteiger partial charge in [-0.3, -0.25) is 0 Å². The fourth-order valence-corrected chi connectivity index (χ4v) is 2.72. The molecule has 0 atom stereocenters. The van der Waals surface area contributed by atoms with E-state index in [4.69, 9.17) is 9.47 Å². The molecule has 1 aromatic heterocycles. The Labute approximate surface area is 131 Å². The summed E-state index contributed by atoms with van der Waals surface area (Å²) < 4.78 is 13.4. The van der Waals surface area contributed by atoms with E-state index >= 15 is 0 Å². The van der Waals surface area contributed by atoms with E-state index in [1.54, 1.807) is 7.11 Å². The zero-order chi connectivity index (χ0) is 15.5. The molecule has 0 saturated heterocycles. The maximum absolute atomic E-state index is 5.89. The predicted molar refractivity (Wildman–Crippen MR) is 84.3 cm³/mol. The van der Waals surface area contributed by atoms with Crippen LogP contribution in [0.3, 0.4) is 0 Å². The van der Waals surface area contributed by atoms with Crippen molar-refractivity contribution in [2.75, 3.05) is 7.11 Å². The van der Waals surface area contributed by atoms with Crippen LogP contribution in [0.1, 0.15) is 49.3 Å². The van der Waals surface area contributed by atoms with E-state index < -0.39 is 0 Å². The number of nitrogens with zero attached hydrogens (tertiary/aromatic N) is 3. The van der Waals surface area contributed by atoms with Gasteiger partial charge in [0.25, 0.3) is 0 Å². The van der Waals surface area contributed by atoms with Gasteiger partial charge in [0.2, 0.25) is 0 Å². The summed E-state index contributed by atoms with van der Waals surface area (Å²) in [4.78, 5) is 0. The van der Waals surface area contributed by atoms with Crippen molar-refractivity contribution >= 4 is 0 Å². The van der Waals surface area contributed by atoms with Crippen molar-refractivity contribution in [3.05, 3.63) is 35.4 Å². The lowest BCUT2D eigenvalue weighted by atomic mass is 9.85. The highest BCUT2D eigenvalue weighted by Gasteiger charge is 2.25. The second kappa shape index (κ2) is 6.38. The number of rotatable bonds is 6. The highest BCUT2D eigenvalue weighted by molar-refractivity contribution is 5.43. The maximum Gasteiger partial charge on any atom is 0.170 e. The van der Waals surface area contributed by atoms with Gasteiger partial charge in [-0.25, -0.2) is 0 Å². The molecule has 5 heteroatoms. The van der Waals surface area contributed by atoms with E-state index in [2.05, 4.69) is 27.8 Å². The van der Waals surface area contributed by atoms with Crippen LogP contribution in [0, 0.1) is 0 Å². The molecule has 1 aromatic carbocycles. The molecule has 0 radical (unpaired) electrons. The first-order valence-corrected chi connectivity index (χ1v) is 7.90. The average Bonchev–Trinajstić information content (AvgIpc) is 2.84. The number of hydrogen-bond donors (Lipinski definition) is 0. The van der Waals surface area contributed by atoms with Crippen LogP contribution in [-0.4, -0.2) is 21.9 Å². The van der Waals surface area contributed by atoms with Crippen molar-refractivity contribution in [2.24, 2.45) is 7.05 Å². The van der Waals surface area contributed by atoms with Crippen molar-refractivity contribution in [1.82, 2.24) is 14.8 Å². The summed E-state index contributed by atoms with van der Waals surface area (Å²) in [6.45, 7) is 2.52. The molecule has 0 unspecified atom stereocenters. The molecule has 1 aliphatic carbocycles. The monoisotopic (exact) mass is 301 g/mol. The summed E-state index contributed by atoms with van der Waals surface area (Å²) in [5.41, 5.74) is 1.23. The van der Waals surface area contributed by atoms with Gasteiger partial charge in [0.05, 0.1) is 7.11 Å². The number of hydrogen-bond acceptors (Lipinski definition) is 4. The molecule has 1 saturated carbocycles. The van der Waals surface area contributed by atoms with E-state index in [1.165, 1.54) is 24.8 Å². The summed E-state index contributed by atoms with van der Waals surface area (Å²) in [7, 11) is 3.68. The molecule has 0 amide bonds. The van der Waals surface area contributed by atoms with Crippen molar-refractivity contribution < 1.29 is 9.47 Å². The third-order valence-electron chi connectivity index (χ3n) is 4.46. The zero-order valence-electron chi connectivity index (χ0n) is 13.5. The van der Waals surface area contributed by atoms with Gasteiger partial charge in [-0.15, -0.1) is 10.2 Å². The van der Waals surface area contributed by atoms with Crippen LogP contribution in [0.15, 0.2) is 18.2 Å². The van der Waals surface area contributed by atoms with Gasteiger partial charge in [-0.05, 0) is 37.0 Å². The van der Waals surface area contributed by atoms with Gasteiger partial charge in [0.15, 0.2) is 17.3 Å². The summed E-state index contributed by atoms with van der Waals surface area (Å²) in [6, 6.07) is 6.04. The summed E-state index contributed by atoms with van der Waals surface area (Å²) in [5.74, 6) is 4.01. The quantitative estimate of drug-likeness (QED) is 0.822. The second-order valence-corrected chi connectivity index (χ2v) is 5.79. The Kier molecular flexibility index (Phi) is 4.32. The Balaban J connectivity index is 1.71. The molecule has 0 bridgehead atoms. The van der Waals surface area contributed by atoms with E-state index in [9.17, 15) is 0 Å². The van der Waals surface area contributed by atoms with Crippen LogP contribution in [0.4, 0.5) is 0 Å². The van der Waals surface area contributed by atoms with Crippen molar-refractivity contribution in [3.63, 3.8) is 0 Å². The third kappa shape index (κ3) is 2.80. The van der Waals surface area contributed by atoms with E-state index in [0.717, 1.165) is 29.6 Å². The topological polar surface area (TPSA) is 49.2 Å². The molecule has 1 fully saturated rings. The van der Waals surface area contributed by atoms with Crippen molar-refractivity contribution in [2.45, 2.75) is 45.1 Å². The van der Waals surface area contributed by atoms with E-state index in [-0.39, 0.29) is 0 Å². The number of aryl methyl sites for hydroxylation is 1. The lowest BCUT2D eigenvalue weighted by molar-refractivity contribution is 0.271. The lowest BCUT2D eigenvalue weighted by Crippen LogP contribution is -2.15. The molecule has 0 aliphatic heterocycles. The molecule has 0 N–H and O–H groups in total. The van der Waals surface area contributed by atoms with Crippen LogP contribution >= 0.6 is 0 Å². The van der Waals surface area contributed by atoms with E-state index in [1.807, 2.05) is 19.2 Å². The van der Waals surface area contributed by atoms with Gasteiger partial charge in [0, 0.05) is 13.0 Å². The molecular formula is C17H23N3O2. The minimum Gasteiger partial charge on any atom is -0.493 e. The molecule has 5 nitrogen and oxygen atoms in total. The number of benzene rings is 1. The Bertz CT molecular complexity index is 647. The van der Waals surface area contributed by atoms with Crippen LogP contribution < -0.4 is 9.47 Å². The van der Waals surface area contributed by atoms with Crippen molar-refractivity contribution in [3.8, 4) is 11.5 Å². The smallest absolute Gasteiger partial charge is 0.170 e. The minimum absolute atomic E-state index is 0.401. The zero-order valence-corrected chi connectivity index (χ0v) is 13.5. The fraction of sp³-hybridized carbons (Fsp3) is 0.529. The Morgan fingerprint density at radius 3 is 2.68 bits per heavy atom. The summed E-state index contributed by atoms with van der Waals surface area (Å²) in [6.07, 6.45) is 4.72. The maximum atomic E-state index is 5.89. The van der Waals surface area contributed by atoms with Crippen LogP contribution in [-0.2, 0) is 20.1 Å². The largest absolute Gasteiger partial charge is 0.493 e. The first-order chi connectivity index (χ1) is 10.7. The standard InChI is InChI=1S/C17H23N3O2/c1-4-12-8-9-14(15(10-12)21-3)22-11-16-18-19-17(20(16)2)13-6-5-7-13/h8-10,13H,4-7,11H2,1-3H3. The first kappa shape index (κ1) is 14.9. The highest BCUT2D eigenvalue weighted by Crippen LogP contribution is 2.35. The molecule has 0 spiro atoms. The van der Waals surface area contributed by atoms with Crippen molar-refractivity contribution in [1.29, 1.82) is 0 Å². The van der Waals surface area contributed by atoms with Crippen LogP contribution in [0.2, 0.25) is 0 Å². The number of methoxy groups -OCH3 is 1. The van der Waals surface area contributed by atoms with Crippen LogP contribution in [0.25, 0.3) is 0 Å². The predicted octanol–water partition coefficient (Wildman–Crippen LogP) is 3.23. The molecular weight excluding hydrogens is 278 g/mol. The summed E-state index contributed by atoms with van der Waals surface area (Å²) in [5, 5.41) is 8.59. The first-order valence-electron chi connectivity index (χ1n) is 7.90. The van der Waals surface area contributed by atoms with Gasteiger partial charge in [-0.1, -0.05) is 19.4 Å². The molecule has 22 heavy (non-hydrogen) atoms. The van der Waals surface area contributed by atoms with Gasteiger partial charge in [-0.2, -0.15) is 0 Å². The fourth-order valence-electron chi connectivity index (χ4n) is 2.72. The molecule has 2 aromatic rings. The molecule has 1 aliphatic rings. The second-order valence-electron chi connectivity index (χ2n) is 5.79.